The van der Waals surface area contributed by atoms with Crippen molar-refractivity contribution in [3.63, 3.8) is 0 Å². The van der Waals surface area contributed by atoms with Crippen molar-refractivity contribution in [1.29, 1.82) is 0 Å². The lowest BCUT2D eigenvalue weighted by molar-refractivity contribution is -0.127. The van der Waals surface area contributed by atoms with Crippen LogP contribution >= 0.6 is 0 Å². The normalized spacial score (nSPS) is 24.3. The molecule has 10 heavy (non-hydrogen) atoms. The molecule has 0 aromatic rings. The summed E-state index contributed by atoms with van der Waals surface area (Å²) in [6.07, 6.45) is 6.86. The van der Waals surface area contributed by atoms with E-state index in [0.29, 0.717) is 12.8 Å². The summed E-state index contributed by atoms with van der Waals surface area (Å²) in [4.78, 5) is 21.6. The SMILES string of the molecule is C#CC(=O)C1CCCC1=O. The third-order valence-electron chi connectivity index (χ3n) is 1.76. The highest BCUT2D eigenvalue weighted by molar-refractivity contribution is 6.11. The first-order valence-corrected chi connectivity index (χ1v) is 3.29. The predicted molar refractivity (Wildman–Crippen MR) is 36.2 cm³/mol. The van der Waals surface area contributed by atoms with Crippen molar-refractivity contribution in [2.45, 2.75) is 19.3 Å². The fraction of sp³-hybridized carbons (Fsp3) is 0.500. The van der Waals surface area contributed by atoms with E-state index in [1.165, 1.54) is 0 Å². The van der Waals surface area contributed by atoms with Gasteiger partial charge in [-0.2, -0.15) is 0 Å². The number of carbonyl (C=O) groups is 2. The van der Waals surface area contributed by atoms with E-state index in [1.807, 2.05) is 5.92 Å². The summed E-state index contributed by atoms with van der Waals surface area (Å²) in [5, 5.41) is 0. The van der Waals surface area contributed by atoms with Crippen molar-refractivity contribution in [3.05, 3.63) is 0 Å². The lowest BCUT2D eigenvalue weighted by atomic mass is 10.0. The standard InChI is InChI=1S/C8H8O2/c1-2-7(9)6-4-3-5-8(6)10/h1,6H,3-5H2. The lowest BCUT2D eigenvalue weighted by Crippen LogP contribution is -2.16. The molecular weight excluding hydrogens is 128 g/mol. The van der Waals surface area contributed by atoms with Crippen molar-refractivity contribution in [2.75, 3.05) is 0 Å². The Balaban J connectivity index is 2.66. The maximum Gasteiger partial charge on any atom is 0.215 e. The predicted octanol–water partition coefficient (Wildman–Crippen LogP) is 0.558. The molecule has 0 radical (unpaired) electrons. The van der Waals surface area contributed by atoms with Crippen LogP contribution in [-0.4, -0.2) is 11.6 Å². The molecule has 2 nitrogen and oxygen atoms in total. The van der Waals surface area contributed by atoms with Crippen LogP contribution in [0.1, 0.15) is 19.3 Å². The third kappa shape index (κ3) is 1.08. The Kier molecular flexibility index (Phi) is 1.86. The second-order valence-corrected chi connectivity index (χ2v) is 2.42. The molecule has 52 valence electrons. The van der Waals surface area contributed by atoms with Gasteiger partial charge in [0.1, 0.15) is 5.78 Å². The number of carbonyl (C=O) groups excluding carboxylic acids is 2. The Hall–Kier alpha value is -1.10. The number of terminal acetylenes is 1. The molecule has 0 amide bonds. The van der Waals surface area contributed by atoms with Gasteiger partial charge in [0, 0.05) is 6.42 Å². The average molecular weight is 136 g/mol. The summed E-state index contributed by atoms with van der Waals surface area (Å²) in [6, 6.07) is 0. The summed E-state index contributed by atoms with van der Waals surface area (Å²) in [6.45, 7) is 0. The maximum absolute atomic E-state index is 10.9. The Morgan fingerprint density at radius 2 is 2.40 bits per heavy atom. The largest absolute Gasteiger partial charge is 0.299 e. The Labute approximate surface area is 59.6 Å². The minimum absolute atomic E-state index is 0.0166. The van der Waals surface area contributed by atoms with E-state index in [4.69, 9.17) is 6.42 Å². The highest BCUT2D eigenvalue weighted by atomic mass is 16.1. The van der Waals surface area contributed by atoms with Gasteiger partial charge in [-0.3, -0.25) is 9.59 Å². The monoisotopic (exact) mass is 136 g/mol. The highest BCUT2D eigenvalue weighted by Gasteiger charge is 2.29. The number of rotatable bonds is 1. The van der Waals surface area contributed by atoms with Crippen LogP contribution < -0.4 is 0 Å². The van der Waals surface area contributed by atoms with Gasteiger partial charge in [0.25, 0.3) is 0 Å². The van der Waals surface area contributed by atoms with E-state index < -0.39 is 5.92 Å². The van der Waals surface area contributed by atoms with E-state index in [-0.39, 0.29) is 11.6 Å². The minimum atomic E-state index is -0.468. The van der Waals surface area contributed by atoms with Gasteiger partial charge in [0.2, 0.25) is 5.78 Å². The molecule has 1 aliphatic rings. The first kappa shape index (κ1) is 7.01. The van der Waals surface area contributed by atoms with E-state index in [1.54, 1.807) is 0 Å². The molecule has 0 heterocycles. The van der Waals surface area contributed by atoms with Gasteiger partial charge in [-0.05, 0) is 18.8 Å². The second-order valence-electron chi connectivity index (χ2n) is 2.42. The number of Topliss-reactive ketones (excluding diaryl/α,β-unsaturated/α-hetero) is 2. The summed E-state index contributed by atoms with van der Waals surface area (Å²) >= 11 is 0. The fourth-order valence-corrected chi connectivity index (χ4v) is 1.19. The van der Waals surface area contributed by atoms with Crippen LogP contribution in [0, 0.1) is 18.3 Å². The Bertz CT molecular complexity index is 210. The Morgan fingerprint density at radius 3 is 2.80 bits per heavy atom. The van der Waals surface area contributed by atoms with Crippen LogP contribution in [0.5, 0.6) is 0 Å². The molecule has 1 atom stereocenters. The van der Waals surface area contributed by atoms with Crippen LogP contribution in [0.15, 0.2) is 0 Å². The number of ketones is 2. The molecule has 2 heteroatoms. The summed E-state index contributed by atoms with van der Waals surface area (Å²) in [7, 11) is 0. The smallest absolute Gasteiger partial charge is 0.215 e. The molecule has 0 spiro atoms. The molecule has 1 unspecified atom stereocenters. The molecule has 1 fully saturated rings. The third-order valence-corrected chi connectivity index (χ3v) is 1.76. The van der Waals surface area contributed by atoms with Crippen LogP contribution in [0.3, 0.4) is 0 Å². The quantitative estimate of drug-likeness (QED) is 0.300. The molecule has 0 saturated heterocycles. The van der Waals surface area contributed by atoms with Gasteiger partial charge in [-0.1, -0.05) is 0 Å². The molecule has 0 aliphatic heterocycles. The highest BCUT2D eigenvalue weighted by Crippen LogP contribution is 2.21. The minimum Gasteiger partial charge on any atom is -0.299 e. The number of hydrogen-bond acceptors (Lipinski definition) is 2. The topological polar surface area (TPSA) is 34.1 Å². The maximum atomic E-state index is 10.9. The van der Waals surface area contributed by atoms with Gasteiger partial charge in [0.15, 0.2) is 0 Å². The van der Waals surface area contributed by atoms with Crippen molar-refractivity contribution in [1.82, 2.24) is 0 Å². The fourth-order valence-electron chi connectivity index (χ4n) is 1.19. The first-order valence-electron chi connectivity index (χ1n) is 3.29. The molecule has 1 aliphatic carbocycles. The van der Waals surface area contributed by atoms with Crippen LogP contribution in [0.4, 0.5) is 0 Å². The summed E-state index contributed by atoms with van der Waals surface area (Å²) in [5.74, 6) is 1.18. The molecule has 0 aromatic carbocycles. The van der Waals surface area contributed by atoms with Gasteiger partial charge in [-0.25, -0.2) is 0 Å². The van der Waals surface area contributed by atoms with E-state index in [2.05, 4.69) is 0 Å². The van der Waals surface area contributed by atoms with Gasteiger partial charge in [0.05, 0.1) is 5.92 Å². The zero-order chi connectivity index (χ0) is 7.56. The van der Waals surface area contributed by atoms with Crippen LogP contribution in [0.2, 0.25) is 0 Å². The van der Waals surface area contributed by atoms with Crippen molar-refractivity contribution >= 4 is 11.6 Å². The van der Waals surface area contributed by atoms with Crippen molar-refractivity contribution in [3.8, 4) is 12.3 Å². The van der Waals surface area contributed by atoms with Crippen molar-refractivity contribution < 1.29 is 9.59 Å². The molecule has 0 bridgehead atoms. The summed E-state index contributed by atoms with van der Waals surface area (Å²) in [5.41, 5.74) is 0. The average Bonchev–Trinajstić information content (AvgIpc) is 2.34. The Morgan fingerprint density at radius 1 is 1.70 bits per heavy atom. The van der Waals surface area contributed by atoms with Gasteiger partial charge in [-0.15, -0.1) is 6.42 Å². The first-order chi connectivity index (χ1) is 4.75. The zero-order valence-electron chi connectivity index (χ0n) is 5.59. The van der Waals surface area contributed by atoms with Crippen LogP contribution in [-0.2, 0) is 9.59 Å². The van der Waals surface area contributed by atoms with Crippen molar-refractivity contribution in [2.24, 2.45) is 5.92 Å². The molecule has 1 saturated carbocycles. The second kappa shape index (κ2) is 2.66. The molecule has 0 aromatic heterocycles. The molecular formula is C8H8O2. The molecule has 1 rings (SSSR count). The lowest BCUT2D eigenvalue weighted by Gasteiger charge is -1.97. The summed E-state index contributed by atoms with van der Waals surface area (Å²) < 4.78 is 0. The van der Waals surface area contributed by atoms with E-state index >= 15 is 0 Å². The van der Waals surface area contributed by atoms with E-state index in [0.717, 1.165) is 6.42 Å². The molecule has 0 N–H and O–H groups in total. The van der Waals surface area contributed by atoms with E-state index in [9.17, 15) is 9.59 Å². The number of hydrogen-bond donors (Lipinski definition) is 0. The zero-order valence-corrected chi connectivity index (χ0v) is 5.59. The van der Waals surface area contributed by atoms with Gasteiger partial charge < -0.3 is 0 Å². The van der Waals surface area contributed by atoms with Gasteiger partial charge >= 0.3 is 0 Å². The van der Waals surface area contributed by atoms with Crippen LogP contribution in [0.25, 0.3) is 0 Å².